The van der Waals surface area contributed by atoms with Crippen molar-refractivity contribution in [3.05, 3.63) is 215 Å². The third-order valence-electron chi connectivity index (χ3n) is 11.3. The van der Waals surface area contributed by atoms with Crippen molar-refractivity contribution in [3.63, 3.8) is 0 Å². The molecule has 6 aromatic carbocycles. The zero-order valence-electron chi connectivity index (χ0n) is 35.7. The monoisotopic (exact) mass is 866 g/mol. The van der Waals surface area contributed by atoms with Crippen molar-refractivity contribution in [2.45, 2.75) is 94.2 Å². The normalized spacial score (nSPS) is 23.6. The second kappa shape index (κ2) is 24.4. The Morgan fingerprint density at radius 3 is 1.24 bits per heavy atom. The topological polar surface area (TPSA) is 73.8 Å². The lowest BCUT2D eigenvalue weighted by molar-refractivity contribution is -0.342. The van der Waals surface area contributed by atoms with Crippen molar-refractivity contribution in [2.24, 2.45) is 0 Å². The average Bonchev–Trinajstić information content (AvgIpc) is 3.34. The van der Waals surface area contributed by atoms with E-state index in [2.05, 4.69) is 72.8 Å². The summed E-state index contributed by atoms with van der Waals surface area (Å²) < 4.78 is 55.2. The molecule has 0 saturated carbocycles. The van der Waals surface area contributed by atoms with Crippen LogP contribution in [0.2, 0.25) is 0 Å². The van der Waals surface area contributed by atoms with Crippen molar-refractivity contribution < 1.29 is 37.9 Å². The van der Waals surface area contributed by atoms with Crippen LogP contribution in [0.1, 0.15) is 39.8 Å². The molecule has 0 spiro atoms. The Labute approximate surface area is 376 Å². The molecule has 8 rings (SSSR count). The smallest absolute Gasteiger partial charge is 0.187 e. The second-order valence-electron chi connectivity index (χ2n) is 16.0. The maximum atomic E-state index is 7.37. The van der Waals surface area contributed by atoms with E-state index in [1.807, 2.05) is 121 Å². The van der Waals surface area contributed by atoms with E-state index < -0.39 is 36.8 Å². The van der Waals surface area contributed by atoms with Crippen LogP contribution in [0.5, 0.6) is 0 Å². The molecular weight excluding hydrogens is 809 g/mol. The quantitative estimate of drug-likeness (QED) is 0.0663. The molecule has 0 aromatic heterocycles. The standard InChI is InChI=1S/C54H58O8S/c1-7-19-41(20-8-1)33-55-39-48-51(58-36-44-25-13-4-14-26-44)52(59-37-45-27-15-5-16-28-45)53(60-38-46-29-17-6-18-30-46)54(61-48)62-50-47(57-35-43-23-11-3-12-24-43)31-32-63-49(50)40-56-34-42-21-9-2-10-22-42/h1-30,47-54H,31-40H2/t47?,48-,49+,50+,51+,52+,53-,54+/m1/s1. The highest BCUT2D eigenvalue weighted by molar-refractivity contribution is 8.00. The van der Waals surface area contributed by atoms with Crippen molar-refractivity contribution in [2.75, 3.05) is 19.0 Å². The minimum atomic E-state index is -0.875. The predicted molar refractivity (Wildman–Crippen MR) is 247 cm³/mol. The summed E-state index contributed by atoms with van der Waals surface area (Å²) in [6.45, 7) is 3.08. The van der Waals surface area contributed by atoms with Crippen LogP contribution < -0.4 is 0 Å². The molecule has 6 aromatic rings. The molecule has 328 valence electrons. The van der Waals surface area contributed by atoms with E-state index in [0.717, 1.165) is 45.6 Å². The summed E-state index contributed by atoms with van der Waals surface area (Å²) in [7, 11) is 0. The molecule has 8 nitrogen and oxygen atoms in total. The van der Waals surface area contributed by atoms with E-state index >= 15 is 0 Å². The number of thioether (sulfide) groups is 1. The van der Waals surface area contributed by atoms with Crippen molar-refractivity contribution in [1.82, 2.24) is 0 Å². The van der Waals surface area contributed by atoms with Gasteiger partial charge in [0.1, 0.15) is 30.5 Å². The molecule has 63 heavy (non-hydrogen) atoms. The first-order valence-corrected chi connectivity index (χ1v) is 23.1. The molecule has 0 aliphatic carbocycles. The van der Waals surface area contributed by atoms with Crippen LogP contribution >= 0.6 is 11.8 Å². The summed E-state index contributed by atoms with van der Waals surface area (Å²) in [6, 6.07) is 61.3. The molecule has 9 heteroatoms. The highest BCUT2D eigenvalue weighted by Crippen LogP contribution is 2.37. The van der Waals surface area contributed by atoms with Gasteiger partial charge in [0.05, 0.1) is 64.2 Å². The SMILES string of the molecule is c1ccc(COC[C@@H]2SCCC(OCc3ccccc3)[C@@H]2O[C@@H]2O[C@H](COCc3ccccc3)[C@H](OCc3ccccc3)[C@H](OCc3ccccc3)[C@H]2OCc2ccccc2)cc1. The average molecular weight is 867 g/mol. The summed E-state index contributed by atoms with van der Waals surface area (Å²) in [5, 5.41) is -0.0508. The minimum Gasteiger partial charge on any atom is -0.376 e. The highest BCUT2D eigenvalue weighted by atomic mass is 32.2. The molecule has 2 aliphatic heterocycles. The first kappa shape index (κ1) is 44.9. The first-order chi connectivity index (χ1) is 31.2. The number of ether oxygens (including phenoxy) is 8. The lowest BCUT2D eigenvalue weighted by atomic mass is 9.97. The Balaban J connectivity index is 1.12. The maximum Gasteiger partial charge on any atom is 0.187 e. The summed E-state index contributed by atoms with van der Waals surface area (Å²) >= 11 is 1.85. The zero-order valence-corrected chi connectivity index (χ0v) is 36.5. The van der Waals surface area contributed by atoms with Gasteiger partial charge in [-0.3, -0.25) is 0 Å². The lowest BCUT2D eigenvalue weighted by Gasteiger charge is -2.48. The third kappa shape index (κ3) is 13.7. The van der Waals surface area contributed by atoms with Gasteiger partial charge in [0.25, 0.3) is 0 Å². The molecule has 2 aliphatic rings. The van der Waals surface area contributed by atoms with Crippen LogP contribution in [0.3, 0.4) is 0 Å². The number of hydrogen-bond donors (Lipinski definition) is 0. The molecule has 0 amide bonds. The van der Waals surface area contributed by atoms with Crippen molar-refractivity contribution in [3.8, 4) is 0 Å². The van der Waals surface area contributed by atoms with E-state index in [0.29, 0.717) is 46.2 Å². The van der Waals surface area contributed by atoms with E-state index in [1.165, 1.54) is 0 Å². The Kier molecular flexibility index (Phi) is 17.4. The van der Waals surface area contributed by atoms with Gasteiger partial charge in [-0.05, 0) is 45.6 Å². The molecule has 2 heterocycles. The maximum absolute atomic E-state index is 7.37. The van der Waals surface area contributed by atoms with Crippen LogP contribution in [0.25, 0.3) is 0 Å². The van der Waals surface area contributed by atoms with Crippen LogP contribution in [0, 0.1) is 0 Å². The fraction of sp³-hybridized carbons (Fsp3) is 0.333. The summed E-state index contributed by atoms with van der Waals surface area (Å²) in [5.41, 5.74) is 6.40. The highest BCUT2D eigenvalue weighted by Gasteiger charge is 2.51. The van der Waals surface area contributed by atoms with Gasteiger partial charge in [0.15, 0.2) is 6.29 Å². The minimum absolute atomic E-state index is 0.0508. The first-order valence-electron chi connectivity index (χ1n) is 22.0. The van der Waals surface area contributed by atoms with Crippen molar-refractivity contribution in [1.29, 1.82) is 0 Å². The van der Waals surface area contributed by atoms with E-state index in [4.69, 9.17) is 37.9 Å². The van der Waals surface area contributed by atoms with Gasteiger partial charge >= 0.3 is 0 Å². The molecular formula is C54H58O8S. The summed E-state index contributed by atoms with van der Waals surface area (Å²) in [5.74, 6) is 0.909. The molecule has 0 bridgehead atoms. The van der Waals surface area contributed by atoms with Crippen molar-refractivity contribution >= 4 is 11.8 Å². The van der Waals surface area contributed by atoms with Gasteiger partial charge in [0, 0.05) is 0 Å². The van der Waals surface area contributed by atoms with Gasteiger partial charge in [-0.15, -0.1) is 0 Å². The fourth-order valence-electron chi connectivity index (χ4n) is 7.99. The third-order valence-corrected chi connectivity index (χ3v) is 12.6. The van der Waals surface area contributed by atoms with Crippen LogP contribution in [-0.2, 0) is 77.5 Å². The summed E-state index contributed by atoms with van der Waals surface area (Å²) in [6.07, 6.45) is -3.19. The molecule has 0 radical (unpaired) electrons. The van der Waals surface area contributed by atoms with E-state index in [-0.39, 0.29) is 18.0 Å². The number of benzene rings is 6. The van der Waals surface area contributed by atoms with E-state index in [9.17, 15) is 0 Å². The van der Waals surface area contributed by atoms with Gasteiger partial charge in [-0.1, -0.05) is 182 Å². The van der Waals surface area contributed by atoms with Crippen LogP contribution in [0.4, 0.5) is 0 Å². The number of hydrogen-bond acceptors (Lipinski definition) is 9. The number of rotatable bonds is 22. The van der Waals surface area contributed by atoms with Crippen LogP contribution in [0.15, 0.2) is 182 Å². The van der Waals surface area contributed by atoms with Gasteiger partial charge in [-0.2, -0.15) is 11.8 Å². The zero-order chi connectivity index (χ0) is 42.7. The van der Waals surface area contributed by atoms with Gasteiger partial charge < -0.3 is 37.9 Å². The molecule has 2 fully saturated rings. The Bertz CT molecular complexity index is 2130. The lowest BCUT2D eigenvalue weighted by Crippen LogP contribution is -2.63. The predicted octanol–water partition coefficient (Wildman–Crippen LogP) is 10.4. The second-order valence-corrected chi connectivity index (χ2v) is 17.3. The Hall–Kier alpha value is -4.65. The summed E-state index contributed by atoms with van der Waals surface area (Å²) in [4.78, 5) is 0. The molecule has 1 unspecified atom stereocenters. The Morgan fingerprint density at radius 2 is 0.778 bits per heavy atom. The Morgan fingerprint density at radius 1 is 0.397 bits per heavy atom. The molecule has 8 atom stereocenters. The largest absolute Gasteiger partial charge is 0.376 e. The van der Waals surface area contributed by atoms with Gasteiger partial charge in [0.2, 0.25) is 0 Å². The molecule has 0 N–H and O–H groups in total. The fourth-order valence-corrected chi connectivity index (χ4v) is 9.28. The van der Waals surface area contributed by atoms with E-state index in [1.54, 1.807) is 0 Å². The van der Waals surface area contributed by atoms with Gasteiger partial charge in [-0.25, -0.2) is 0 Å². The molecule has 2 saturated heterocycles. The van der Waals surface area contributed by atoms with Crippen LogP contribution in [-0.4, -0.2) is 67.1 Å².